The van der Waals surface area contributed by atoms with Crippen LogP contribution in [0.4, 0.5) is 8.78 Å². The third kappa shape index (κ3) is 6.01. The zero-order chi connectivity index (χ0) is 19.8. The molecule has 1 fully saturated rings. The maximum absolute atomic E-state index is 13.8. The number of rotatable bonds is 7. The van der Waals surface area contributed by atoms with Crippen LogP contribution < -0.4 is 5.32 Å². The summed E-state index contributed by atoms with van der Waals surface area (Å²) in [6.07, 6.45) is 1.70. The fourth-order valence-electron chi connectivity index (χ4n) is 3.00. The first-order valence-corrected chi connectivity index (χ1v) is 9.10. The number of halogens is 2. The molecule has 148 valence electrons. The number of likely N-dealkylation sites (tertiary alicyclic amines) is 1. The molecule has 0 unspecified atom stereocenters. The fourth-order valence-corrected chi connectivity index (χ4v) is 3.00. The summed E-state index contributed by atoms with van der Waals surface area (Å²) >= 11 is 0. The average molecular weight is 382 g/mol. The Morgan fingerprint density at radius 1 is 1.22 bits per heavy atom. The molecule has 6 nitrogen and oxygen atoms in total. The van der Waals surface area contributed by atoms with Crippen molar-refractivity contribution in [3.63, 3.8) is 0 Å². The number of hydrogen-bond acceptors (Lipinski definition) is 4. The molecule has 8 heteroatoms. The van der Waals surface area contributed by atoms with Gasteiger partial charge >= 0.3 is 5.97 Å². The van der Waals surface area contributed by atoms with Gasteiger partial charge in [0.15, 0.2) is 0 Å². The molecule has 0 aromatic heterocycles. The Morgan fingerprint density at radius 2 is 1.93 bits per heavy atom. The second kappa shape index (κ2) is 9.99. The molecule has 1 aromatic carbocycles. The summed E-state index contributed by atoms with van der Waals surface area (Å²) in [5, 5.41) is 2.79. The normalized spacial score (nSPS) is 14.7. The first kappa shape index (κ1) is 20.8. The number of hydrogen-bond donors (Lipinski definition) is 1. The van der Waals surface area contributed by atoms with Gasteiger partial charge in [-0.05, 0) is 38.3 Å². The molecule has 1 aromatic rings. The van der Waals surface area contributed by atoms with Crippen LogP contribution in [0.1, 0.15) is 43.0 Å². The van der Waals surface area contributed by atoms with Crippen LogP contribution in [0.25, 0.3) is 0 Å². The van der Waals surface area contributed by atoms with Crippen molar-refractivity contribution >= 4 is 17.8 Å². The lowest BCUT2D eigenvalue weighted by atomic mass is 9.95. The predicted molar refractivity (Wildman–Crippen MR) is 93.9 cm³/mol. The maximum atomic E-state index is 13.8. The highest BCUT2D eigenvalue weighted by molar-refractivity contribution is 5.94. The smallest absolute Gasteiger partial charge is 0.305 e. The fraction of sp³-hybridized carbons (Fsp3) is 0.526. The highest BCUT2D eigenvalue weighted by Crippen LogP contribution is 2.20. The molecule has 2 rings (SSSR count). The standard InChI is InChI=1S/C19H24F2N2O4/c1-2-27-17(24)4-3-9-22-18(25)13-7-10-23(11-8-13)19(26)15-6-5-14(20)12-16(15)21/h5-6,12-13H,2-4,7-11H2,1H3,(H,22,25). The lowest BCUT2D eigenvalue weighted by Crippen LogP contribution is -2.43. The largest absolute Gasteiger partial charge is 0.466 e. The molecule has 0 aliphatic carbocycles. The van der Waals surface area contributed by atoms with Crippen molar-refractivity contribution in [3.8, 4) is 0 Å². The van der Waals surface area contributed by atoms with Gasteiger partial charge < -0.3 is 15.0 Å². The molecular formula is C19H24F2N2O4. The van der Waals surface area contributed by atoms with Gasteiger partial charge in [0, 0.05) is 38.0 Å². The second-order valence-electron chi connectivity index (χ2n) is 6.39. The van der Waals surface area contributed by atoms with Crippen LogP contribution in [0.15, 0.2) is 18.2 Å². The predicted octanol–water partition coefficient (Wildman–Crippen LogP) is 2.28. The summed E-state index contributed by atoms with van der Waals surface area (Å²) in [6, 6.07) is 2.87. The number of carbonyl (C=O) groups excluding carboxylic acids is 3. The van der Waals surface area contributed by atoms with E-state index in [9.17, 15) is 23.2 Å². The minimum absolute atomic E-state index is 0.112. The van der Waals surface area contributed by atoms with Crippen molar-refractivity contribution in [1.82, 2.24) is 10.2 Å². The molecule has 2 amide bonds. The van der Waals surface area contributed by atoms with Crippen molar-refractivity contribution in [2.45, 2.75) is 32.6 Å². The third-order valence-electron chi connectivity index (χ3n) is 4.48. The monoisotopic (exact) mass is 382 g/mol. The van der Waals surface area contributed by atoms with Gasteiger partial charge in [-0.1, -0.05) is 0 Å². The van der Waals surface area contributed by atoms with Crippen LogP contribution in [0.5, 0.6) is 0 Å². The Morgan fingerprint density at radius 3 is 2.56 bits per heavy atom. The lowest BCUT2D eigenvalue weighted by molar-refractivity contribution is -0.143. The van der Waals surface area contributed by atoms with Gasteiger partial charge in [0.25, 0.3) is 5.91 Å². The molecule has 0 radical (unpaired) electrons. The van der Waals surface area contributed by atoms with Crippen LogP contribution in [0.3, 0.4) is 0 Å². The van der Waals surface area contributed by atoms with Gasteiger partial charge in [-0.3, -0.25) is 14.4 Å². The zero-order valence-corrected chi connectivity index (χ0v) is 15.3. The number of benzene rings is 1. The van der Waals surface area contributed by atoms with Crippen LogP contribution in [0.2, 0.25) is 0 Å². The van der Waals surface area contributed by atoms with E-state index in [-0.39, 0.29) is 29.8 Å². The van der Waals surface area contributed by atoms with Crippen molar-refractivity contribution in [3.05, 3.63) is 35.4 Å². The van der Waals surface area contributed by atoms with Gasteiger partial charge in [-0.25, -0.2) is 8.78 Å². The topological polar surface area (TPSA) is 75.7 Å². The molecular weight excluding hydrogens is 358 g/mol. The minimum Gasteiger partial charge on any atom is -0.466 e. The van der Waals surface area contributed by atoms with E-state index < -0.39 is 17.5 Å². The van der Waals surface area contributed by atoms with Crippen LogP contribution >= 0.6 is 0 Å². The summed E-state index contributed by atoms with van der Waals surface area (Å²) in [6.45, 7) is 3.12. The molecule has 0 spiro atoms. The number of esters is 1. The van der Waals surface area contributed by atoms with Crippen molar-refractivity contribution in [1.29, 1.82) is 0 Å². The van der Waals surface area contributed by atoms with Gasteiger partial charge in [-0.15, -0.1) is 0 Å². The summed E-state index contributed by atoms with van der Waals surface area (Å²) in [7, 11) is 0. The van der Waals surface area contributed by atoms with E-state index in [1.54, 1.807) is 6.92 Å². The highest BCUT2D eigenvalue weighted by Gasteiger charge is 2.28. The Bertz CT molecular complexity index is 688. The quantitative estimate of drug-likeness (QED) is 0.580. The Hall–Kier alpha value is -2.51. The Kier molecular flexibility index (Phi) is 7.69. The summed E-state index contributed by atoms with van der Waals surface area (Å²) in [5.74, 6) is -2.75. The van der Waals surface area contributed by atoms with E-state index in [0.717, 1.165) is 12.1 Å². The number of piperidine rings is 1. The van der Waals surface area contributed by atoms with Gasteiger partial charge in [0.1, 0.15) is 11.6 Å². The number of amides is 2. The highest BCUT2D eigenvalue weighted by atomic mass is 19.1. The zero-order valence-electron chi connectivity index (χ0n) is 15.3. The number of nitrogens with one attached hydrogen (secondary N) is 1. The van der Waals surface area contributed by atoms with Crippen molar-refractivity contribution in [2.75, 3.05) is 26.2 Å². The van der Waals surface area contributed by atoms with Crippen molar-refractivity contribution < 1.29 is 27.9 Å². The Labute approximate surface area is 156 Å². The molecule has 1 N–H and O–H groups in total. The van der Waals surface area contributed by atoms with E-state index in [0.29, 0.717) is 51.6 Å². The molecule has 1 heterocycles. The lowest BCUT2D eigenvalue weighted by Gasteiger charge is -2.31. The molecule has 0 atom stereocenters. The molecule has 1 aliphatic heterocycles. The van der Waals surface area contributed by atoms with E-state index in [2.05, 4.69) is 5.32 Å². The first-order chi connectivity index (χ1) is 12.9. The van der Waals surface area contributed by atoms with Crippen LogP contribution in [0, 0.1) is 17.6 Å². The Balaban J connectivity index is 1.75. The molecule has 0 bridgehead atoms. The third-order valence-corrected chi connectivity index (χ3v) is 4.48. The first-order valence-electron chi connectivity index (χ1n) is 9.10. The summed E-state index contributed by atoms with van der Waals surface area (Å²) in [4.78, 5) is 37.2. The number of nitrogens with zero attached hydrogens (tertiary/aromatic N) is 1. The molecule has 27 heavy (non-hydrogen) atoms. The van der Waals surface area contributed by atoms with Gasteiger partial charge in [-0.2, -0.15) is 0 Å². The summed E-state index contributed by atoms with van der Waals surface area (Å²) < 4.78 is 31.5. The van der Waals surface area contributed by atoms with Gasteiger partial charge in [0.05, 0.1) is 12.2 Å². The maximum Gasteiger partial charge on any atom is 0.305 e. The minimum atomic E-state index is -0.888. The molecule has 1 saturated heterocycles. The average Bonchev–Trinajstić information content (AvgIpc) is 2.65. The van der Waals surface area contributed by atoms with E-state index in [1.165, 1.54) is 4.90 Å². The molecule has 0 saturated carbocycles. The van der Waals surface area contributed by atoms with Crippen molar-refractivity contribution in [2.24, 2.45) is 5.92 Å². The summed E-state index contributed by atoms with van der Waals surface area (Å²) in [5.41, 5.74) is -0.168. The molecule has 1 aliphatic rings. The van der Waals surface area contributed by atoms with E-state index in [1.807, 2.05) is 0 Å². The van der Waals surface area contributed by atoms with Crippen LogP contribution in [-0.4, -0.2) is 48.9 Å². The number of carbonyl (C=O) groups is 3. The van der Waals surface area contributed by atoms with Gasteiger partial charge in [0.2, 0.25) is 5.91 Å². The SMILES string of the molecule is CCOC(=O)CCCNC(=O)C1CCN(C(=O)c2ccc(F)cc2F)CC1. The van der Waals surface area contributed by atoms with Crippen LogP contribution in [-0.2, 0) is 14.3 Å². The number of ether oxygens (including phenoxy) is 1. The van der Waals surface area contributed by atoms with E-state index >= 15 is 0 Å². The second-order valence-corrected chi connectivity index (χ2v) is 6.39. The van der Waals surface area contributed by atoms with E-state index in [4.69, 9.17) is 4.74 Å².